The summed E-state index contributed by atoms with van der Waals surface area (Å²) < 4.78 is 0. The van der Waals surface area contributed by atoms with Crippen LogP contribution in [0.1, 0.15) is 6.92 Å². The topological polar surface area (TPSA) is 50.2 Å². The van der Waals surface area contributed by atoms with Crippen molar-refractivity contribution in [3.63, 3.8) is 0 Å². The van der Waals surface area contributed by atoms with E-state index in [1.165, 1.54) is 12.4 Å². The number of carboxylic acid groups (broad SMARTS) is 1. The van der Waals surface area contributed by atoms with Crippen molar-refractivity contribution >= 4 is 29.2 Å². The fraction of sp³-hybridized carbons (Fsp3) is 0.143. The number of rotatable bonds is 0. The Hall–Kier alpha value is -0.800. The van der Waals surface area contributed by atoms with Crippen molar-refractivity contribution in [1.82, 2.24) is 4.98 Å². The van der Waals surface area contributed by atoms with Crippen LogP contribution in [0.15, 0.2) is 18.5 Å². The van der Waals surface area contributed by atoms with Gasteiger partial charge < -0.3 is 5.11 Å². The summed E-state index contributed by atoms with van der Waals surface area (Å²) in [6.07, 6.45) is 3.07. The molecule has 0 aliphatic rings. The molecule has 0 spiro atoms. The highest BCUT2D eigenvalue weighted by molar-refractivity contribution is 6.34. The summed E-state index contributed by atoms with van der Waals surface area (Å²) in [7, 11) is 0. The van der Waals surface area contributed by atoms with Crippen molar-refractivity contribution in [2.45, 2.75) is 6.92 Å². The van der Waals surface area contributed by atoms with E-state index in [1.54, 1.807) is 6.07 Å². The van der Waals surface area contributed by atoms with E-state index >= 15 is 0 Å². The summed E-state index contributed by atoms with van der Waals surface area (Å²) in [5.41, 5.74) is 0. The molecule has 0 saturated carbocycles. The minimum atomic E-state index is -0.833. The normalized spacial score (nSPS) is 8.25. The van der Waals surface area contributed by atoms with Gasteiger partial charge in [-0.15, -0.1) is 0 Å². The number of nitrogens with zero attached hydrogens (tertiary/aromatic N) is 1. The first-order valence-corrected chi connectivity index (χ1v) is 3.73. The number of carboxylic acids is 1. The number of pyridine rings is 1. The number of hydrogen-bond donors (Lipinski definition) is 1. The molecule has 0 fully saturated rings. The molecule has 1 heterocycles. The van der Waals surface area contributed by atoms with E-state index in [-0.39, 0.29) is 0 Å². The molecular formula is C7H7Cl2NO2. The maximum absolute atomic E-state index is 9.00. The van der Waals surface area contributed by atoms with Gasteiger partial charge >= 0.3 is 0 Å². The van der Waals surface area contributed by atoms with Crippen LogP contribution in [0.25, 0.3) is 0 Å². The molecule has 12 heavy (non-hydrogen) atoms. The molecule has 1 rings (SSSR count). The Morgan fingerprint density at radius 3 is 1.92 bits per heavy atom. The molecule has 0 atom stereocenters. The van der Waals surface area contributed by atoms with E-state index in [1.807, 2.05) is 0 Å². The van der Waals surface area contributed by atoms with Gasteiger partial charge in [0, 0.05) is 19.3 Å². The third kappa shape index (κ3) is 7.31. The molecule has 1 aromatic heterocycles. The van der Waals surface area contributed by atoms with Crippen molar-refractivity contribution < 1.29 is 9.90 Å². The van der Waals surface area contributed by atoms with Gasteiger partial charge in [-0.3, -0.25) is 9.78 Å². The summed E-state index contributed by atoms with van der Waals surface area (Å²) in [6.45, 7) is 1.08. The van der Waals surface area contributed by atoms with Crippen molar-refractivity contribution in [3.8, 4) is 0 Å². The molecule has 0 unspecified atom stereocenters. The number of halogens is 2. The lowest BCUT2D eigenvalue weighted by Crippen LogP contribution is -1.78. The van der Waals surface area contributed by atoms with Crippen LogP contribution in [-0.2, 0) is 4.79 Å². The summed E-state index contributed by atoms with van der Waals surface area (Å²) >= 11 is 11.0. The summed E-state index contributed by atoms with van der Waals surface area (Å²) in [6, 6.07) is 1.64. The highest BCUT2D eigenvalue weighted by atomic mass is 35.5. The molecular weight excluding hydrogens is 201 g/mol. The van der Waals surface area contributed by atoms with Crippen LogP contribution < -0.4 is 0 Å². The van der Waals surface area contributed by atoms with Crippen LogP contribution in [0.2, 0.25) is 10.0 Å². The SMILES string of the molecule is CC(=O)O.Clc1cncc(Cl)c1. The number of hydrogen-bond acceptors (Lipinski definition) is 2. The monoisotopic (exact) mass is 207 g/mol. The highest BCUT2D eigenvalue weighted by Gasteiger charge is 1.86. The Kier molecular flexibility index (Phi) is 5.41. The summed E-state index contributed by atoms with van der Waals surface area (Å²) in [4.78, 5) is 12.7. The lowest BCUT2D eigenvalue weighted by Gasteiger charge is -1.85. The number of carbonyl (C=O) groups is 1. The van der Waals surface area contributed by atoms with Crippen molar-refractivity contribution in [2.24, 2.45) is 0 Å². The van der Waals surface area contributed by atoms with Gasteiger partial charge in [-0.2, -0.15) is 0 Å². The van der Waals surface area contributed by atoms with Gasteiger partial charge in [0.1, 0.15) is 0 Å². The minimum absolute atomic E-state index is 0.567. The van der Waals surface area contributed by atoms with E-state index in [2.05, 4.69) is 4.98 Å². The van der Waals surface area contributed by atoms with Crippen LogP contribution in [0.5, 0.6) is 0 Å². The van der Waals surface area contributed by atoms with Gasteiger partial charge in [-0.05, 0) is 6.07 Å². The Balaban J connectivity index is 0.000000261. The van der Waals surface area contributed by atoms with Crippen molar-refractivity contribution in [2.75, 3.05) is 0 Å². The van der Waals surface area contributed by atoms with E-state index in [9.17, 15) is 0 Å². The Labute approximate surface area is 79.9 Å². The van der Waals surface area contributed by atoms with Crippen LogP contribution in [0, 0.1) is 0 Å². The highest BCUT2D eigenvalue weighted by Crippen LogP contribution is 2.11. The van der Waals surface area contributed by atoms with Crippen LogP contribution in [-0.4, -0.2) is 16.1 Å². The van der Waals surface area contributed by atoms with E-state index in [4.69, 9.17) is 33.1 Å². The Morgan fingerprint density at radius 2 is 1.75 bits per heavy atom. The fourth-order valence-electron chi connectivity index (χ4n) is 0.386. The molecule has 0 radical (unpaired) electrons. The van der Waals surface area contributed by atoms with Crippen LogP contribution in [0.4, 0.5) is 0 Å². The zero-order valence-corrected chi connectivity index (χ0v) is 7.80. The van der Waals surface area contributed by atoms with Gasteiger partial charge in [0.2, 0.25) is 0 Å². The van der Waals surface area contributed by atoms with Crippen LogP contribution >= 0.6 is 23.2 Å². The smallest absolute Gasteiger partial charge is 0.300 e. The molecule has 0 bridgehead atoms. The lowest BCUT2D eigenvalue weighted by molar-refractivity contribution is -0.134. The second-order valence-corrected chi connectivity index (χ2v) is 2.71. The first-order chi connectivity index (χ1) is 5.52. The largest absolute Gasteiger partial charge is 0.481 e. The van der Waals surface area contributed by atoms with Crippen molar-refractivity contribution in [1.29, 1.82) is 0 Å². The molecule has 1 aromatic rings. The maximum Gasteiger partial charge on any atom is 0.300 e. The van der Waals surface area contributed by atoms with Gasteiger partial charge in [-0.1, -0.05) is 23.2 Å². The van der Waals surface area contributed by atoms with E-state index < -0.39 is 5.97 Å². The van der Waals surface area contributed by atoms with Gasteiger partial charge in [-0.25, -0.2) is 0 Å². The summed E-state index contributed by atoms with van der Waals surface area (Å²) in [5, 5.41) is 8.55. The molecule has 0 aromatic carbocycles. The maximum atomic E-state index is 9.00. The fourth-order valence-corrected chi connectivity index (χ4v) is 0.790. The second-order valence-electron chi connectivity index (χ2n) is 1.84. The number of aromatic nitrogens is 1. The first kappa shape index (κ1) is 11.2. The lowest BCUT2D eigenvalue weighted by atomic mass is 10.5. The van der Waals surface area contributed by atoms with E-state index in [0.29, 0.717) is 10.0 Å². The second kappa shape index (κ2) is 5.80. The molecule has 66 valence electrons. The number of aliphatic carboxylic acids is 1. The molecule has 0 saturated heterocycles. The first-order valence-electron chi connectivity index (χ1n) is 2.98. The zero-order chi connectivity index (χ0) is 9.56. The quantitative estimate of drug-likeness (QED) is 0.712. The van der Waals surface area contributed by atoms with Gasteiger partial charge in [0.15, 0.2) is 0 Å². The Morgan fingerprint density at radius 1 is 1.42 bits per heavy atom. The Bertz CT molecular complexity index is 244. The zero-order valence-electron chi connectivity index (χ0n) is 6.29. The molecule has 1 N–H and O–H groups in total. The van der Waals surface area contributed by atoms with Gasteiger partial charge in [0.25, 0.3) is 5.97 Å². The molecule has 0 aliphatic heterocycles. The van der Waals surface area contributed by atoms with Crippen molar-refractivity contribution in [3.05, 3.63) is 28.5 Å². The average Bonchev–Trinajstić information content (AvgIpc) is 1.84. The third-order valence-corrected chi connectivity index (χ3v) is 1.08. The predicted molar refractivity (Wildman–Crippen MR) is 47.6 cm³/mol. The average molecular weight is 208 g/mol. The standard InChI is InChI=1S/C5H3Cl2N.C2H4O2/c6-4-1-5(7)3-8-2-4;1-2(3)4/h1-3H;1H3,(H,3,4). The third-order valence-electron chi connectivity index (χ3n) is 0.672. The molecule has 0 aliphatic carbocycles. The van der Waals surface area contributed by atoms with E-state index in [0.717, 1.165) is 6.92 Å². The van der Waals surface area contributed by atoms with Crippen LogP contribution in [0.3, 0.4) is 0 Å². The minimum Gasteiger partial charge on any atom is -0.481 e. The predicted octanol–water partition coefficient (Wildman–Crippen LogP) is 2.48. The van der Waals surface area contributed by atoms with Gasteiger partial charge in [0.05, 0.1) is 10.0 Å². The summed E-state index contributed by atoms with van der Waals surface area (Å²) in [5.74, 6) is -0.833. The molecule has 5 heteroatoms. The molecule has 3 nitrogen and oxygen atoms in total. The molecule has 0 amide bonds.